The third-order valence-corrected chi connectivity index (χ3v) is 5.62. The van der Waals surface area contributed by atoms with Crippen LogP contribution in [0, 0.1) is 5.82 Å². The molecule has 11 heteroatoms. The van der Waals surface area contributed by atoms with Gasteiger partial charge in [0.05, 0.1) is 18.0 Å². The highest BCUT2D eigenvalue weighted by atomic mass is 19.1. The van der Waals surface area contributed by atoms with E-state index in [9.17, 15) is 14.4 Å². The maximum Gasteiger partial charge on any atom is 0.508 e. The van der Waals surface area contributed by atoms with Crippen LogP contribution >= 0.6 is 0 Å². The average molecular weight is 449 g/mol. The van der Waals surface area contributed by atoms with E-state index in [1.165, 1.54) is 13.3 Å². The smallest absolute Gasteiger partial charge is 0.492 e. The predicted molar refractivity (Wildman–Crippen MR) is 112 cm³/mol. The van der Waals surface area contributed by atoms with Gasteiger partial charge in [0.2, 0.25) is 12.2 Å². The molecule has 2 heterocycles. The van der Waals surface area contributed by atoms with E-state index in [-0.39, 0.29) is 34.5 Å². The van der Waals surface area contributed by atoms with Gasteiger partial charge in [-0.25, -0.2) is 14.0 Å². The van der Waals surface area contributed by atoms with E-state index in [0.29, 0.717) is 25.2 Å². The van der Waals surface area contributed by atoms with Crippen LogP contribution in [0.15, 0.2) is 17.1 Å². The zero-order valence-electron chi connectivity index (χ0n) is 17.7. The van der Waals surface area contributed by atoms with E-state index in [1.54, 1.807) is 4.57 Å². The molecule has 0 radical (unpaired) electrons. The quantitative estimate of drug-likeness (QED) is 0.505. The van der Waals surface area contributed by atoms with Crippen LogP contribution in [0.4, 0.5) is 14.9 Å². The summed E-state index contributed by atoms with van der Waals surface area (Å²) < 4.78 is 31.6. The molecule has 2 fully saturated rings. The Kier molecular flexibility index (Phi) is 5.92. The summed E-state index contributed by atoms with van der Waals surface area (Å²) in [6.07, 6.45) is 1.41. The monoisotopic (exact) mass is 449 g/mol. The van der Waals surface area contributed by atoms with Crippen LogP contribution in [-0.2, 0) is 9.47 Å². The summed E-state index contributed by atoms with van der Waals surface area (Å²) >= 11 is 0. The molecule has 1 aromatic heterocycles. The van der Waals surface area contributed by atoms with Crippen LogP contribution in [0.2, 0.25) is 0 Å². The van der Waals surface area contributed by atoms with Crippen molar-refractivity contribution in [1.82, 2.24) is 9.88 Å². The van der Waals surface area contributed by atoms with Gasteiger partial charge in [0.25, 0.3) is 0 Å². The number of anilines is 1. The van der Waals surface area contributed by atoms with Gasteiger partial charge in [-0.05, 0) is 25.8 Å². The molecule has 1 saturated carbocycles. The molecule has 10 nitrogen and oxygen atoms in total. The third-order valence-electron chi connectivity index (χ3n) is 5.62. The molecular formula is C21H24FN3O7. The molecule has 2 N–H and O–H groups in total. The molecule has 1 atom stereocenters. The van der Waals surface area contributed by atoms with Gasteiger partial charge in [0, 0.05) is 37.9 Å². The lowest BCUT2D eigenvalue weighted by Gasteiger charge is -2.35. The summed E-state index contributed by atoms with van der Waals surface area (Å²) in [6, 6.07) is 1.31. The maximum atomic E-state index is 15.3. The maximum absolute atomic E-state index is 15.3. The van der Waals surface area contributed by atoms with Crippen molar-refractivity contribution in [2.75, 3.05) is 38.4 Å². The van der Waals surface area contributed by atoms with Crippen LogP contribution in [0.1, 0.15) is 36.2 Å². The first-order valence-electron chi connectivity index (χ1n) is 10.3. The number of hydrogen-bond acceptors (Lipinski definition) is 8. The Morgan fingerprint density at radius 2 is 2.06 bits per heavy atom. The van der Waals surface area contributed by atoms with Gasteiger partial charge in [-0.3, -0.25) is 4.79 Å². The van der Waals surface area contributed by atoms with E-state index >= 15 is 4.39 Å². The standard InChI is InChI=1S/C21H24FN3O7/c1-11-8-24(6-5-23-11)17-15(22)7-13-16(19(17)30-2)25(12-3-4-12)9-14(18(13)26)20(27)31-10-32-21(28)29/h7,9,11-12,23H,3-6,8,10H2,1-2H3,(H,28,29). The Labute approximate surface area is 182 Å². The molecule has 32 heavy (non-hydrogen) atoms. The summed E-state index contributed by atoms with van der Waals surface area (Å²) in [5.41, 5.74) is -0.355. The Morgan fingerprint density at radius 3 is 2.69 bits per heavy atom. The Hall–Kier alpha value is -3.34. The highest BCUT2D eigenvalue weighted by Gasteiger charge is 2.32. The Morgan fingerprint density at radius 1 is 1.31 bits per heavy atom. The molecular weight excluding hydrogens is 425 g/mol. The van der Waals surface area contributed by atoms with Crippen LogP contribution in [0.5, 0.6) is 5.75 Å². The Bertz CT molecular complexity index is 1130. The zero-order valence-corrected chi connectivity index (χ0v) is 17.7. The largest absolute Gasteiger partial charge is 0.508 e. The number of esters is 1. The summed E-state index contributed by atoms with van der Waals surface area (Å²) in [4.78, 5) is 37.9. The van der Waals surface area contributed by atoms with E-state index in [2.05, 4.69) is 10.1 Å². The zero-order chi connectivity index (χ0) is 23.0. The fourth-order valence-electron chi connectivity index (χ4n) is 4.06. The minimum Gasteiger partial charge on any atom is -0.492 e. The number of nitrogens with zero attached hydrogens (tertiary/aromatic N) is 2. The minimum atomic E-state index is -1.62. The second kappa shape index (κ2) is 8.65. The van der Waals surface area contributed by atoms with Crippen molar-refractivity contribution >= 4 is 28.7 Å². The first-order chi connectivity index (χ1) is 15.3. The van der Waals surface area contributed by atoms with Crippen molar-refractivity contribution in [2.45, 2.75) is 31.8 Å². The molecule has 4 rings (SSSR count). The van der Waals surface area contributed by atoms with E-state index < -0.39 is 30.2 Å². The molecule has 1 aromatic carbocycles. The first-order valence-corrected chi connectivity index (χ1v) is 10.3. The minimum absolute atomic E-state index is 0.00761. The number of hydrogen-bond donors (Lipinski definition) is 2. The van der Waals surface area contributed by atoms with Crippen LogP contribution in [0.3, 0.4) is 0 Å². The molecule has 2 aromatic rings. The first kappa shape index (κ1) is 21.9. The van der Waals surface area contributed by atoms with Gasteiger partial charge >= 0.3 is 12.1 Å². The van der Waals surface area contributed by atoms with Crippen LogP contribution in [-0.4, -0.2) is 61.4 Å². The van der Waals surface area contributed by atoms with E-state index in [4.69, 9.17) is 14.6 Å². The molecule has 0 bridgehead atoms. The fraction of sp³-hybridized carbons (Fsp3) is 0.476. The highest BCUT2D eigenvalue weighted by molar-refractivity contribution is 5.97. The third kappa shape index (κ3) is 4.07. The van der Waals surface area contributed by atoms with Gasteiger partial charge < -0.3 is 34.1 Å². The van der Waals surface area contributed by atoms with Crippen molar-refractivity contribution in [1.29, 1.82) is 0 Å². The summed E-state index contributed by atoms with van der Waals surface area (Å²) in [7, 11) is 1.43. The van der Waals surface area contributed by atoms with Crippen molar-refractivity contribution < 1.29 is 33.3 Å². The number of fused-ring (bicyclic) bond motifs is 1. The molecule has 172 valence electrons. The molecule has 0 amide bonds. The van der Waals surface area contributed by atoms with Gasteiger partial charge in [0.1, 0.15) is 11.3 Å². The Balaban J connectivity index is 1.86. The van der Waals surface area contributed by atoms with Crippen molar-refractivity contribution in [2.24, 2.45) is 0 Å². The summed E-state index contributed by atoms with van der Waals surface area (Å²) in [6.45, 7) is 2.97. The lowest BCUT2D eigenvalue weighted by molar-refractivity contribution is -0.0168. The number of nitrogens with one attached hydrogen (secondary N) is 1. The lowest BCUT2D eigenvalue weighted by atomic mass is 10.1. The number of piperazine rings is 1. The van der Waals surface area contributed by atoms with Crippen molar-refractivity contribution in [3.8, 4) is 5.75 Å². The molecule has 1 aliphatic heterocycles. The normalized spacial score (nSPS) is 18.5. The van der Waals surface area contributed by atoms with E-state index in [1.807, 2.05) is 11.8 Å². The summed E-state index contributed by atoms with van der Waals surface area (Å²) in [5, 5.41) is 11.8. The number of carbonyl (C=O) groups is 2. The number of carboxylic acid groups (broad SMARTS) is 1. The van der Waals surface area contributed by atoms with Crippen LogP contribution in [0.25, 0.3) is 10.9 Å². The van der Waals surface area contributed by atoms with Gasteiger partial charge in [-0.15, -0.1) is 0 Å². The summed E-state index contributed by atoms with van der Waals surface area (Å²) in [5.74, 6) is -1.43. The topological polar surface area (TPSA) is 119 Å². The molecule has 0 spiro atoms. The fourth-order valence-corrected chi connectivity index (χ4v) is 4.06. The second-order valence-electron chi connectivity index (χ2n) is 7.91. The number of aromatic nitrogens is 1. The number of carbonyl (C=O) groups excluding carboxylic acids is 1. The number of pyridine rings is 1. The van der Waals surface area contributed by atoms with Gasteiger partial charge in [0.15, 0.2) is 11.6 Å². The predicted octanol–water partition coefficient (Wildman–Crippen LogP) is 2.09. The number of benzene rings is 1. The molecule has 1 saturated heterocycles. The van der Waals surface area contributed by atoms with Crippen LogP contribution < -0.4 is 20.4 Å². The second-order valence-corrected chi connectivity index (χ2v) is 7.91. The van der Waals surface area contributed by atoms with E-state index in [0.717, 1.165) is 18.9 Å². The number of ether oxygens (including phenoxy) is 3. The SMILES string of the molecule is COc1c(N2CCNC(C)C2)c(F)cc2c(=O)c(C(=O)OCOC(=O)O)cn(C3CC3)c12. The van der Waals surface area contributed by atoms with Crippen molar-refractivity contribution in [3.63, 3.8) is 0 Å². The molecule has 1 aliphatic carbocycles. The number of halogens is 1. The number of rotatable bonds is 6. The van der Waals surface area contributed by atoms with Gasteiger partial charge in [-0.1, -0.05) is 0 Å². The lowest BCUT2D eigenvalue weighted by Crippen LogP contribution is -2.49. The van der Waals surface area contributed by atoms with Gasteiger partial charge in [-0.2, -0.15) is 0 Å². The highest BCUT2D eigenvalue weighted by Crippen LogP contribution is 2.43. The molecule has 2 aliphatic rings. The number of methoxy groups -OCH3 is 1. The van der Waals surface area contributed by atoms with Crippen molar-refractivity contribution in [3.05, 3.63) is 33.9 Å². The molecule has 1 unspecified atom stereocenters. The average Bonchev–Trinajstić information content (AvgIpc) is 3.58.